The highest BCUT2D eigenvalue weighted by Gasteiger charge is 2.10. The largest absolute Gasteiger partial charge is 0.497 e. The van der Waals surface area contributed by atoms with E-state index in [1.54, 1.807) is 13.3 Å². The Morgan fingerprint density at radius 1 is 1.26 bits per heavy atom. The molecule has 0 aliphatic rings. The first-order chi connectivity index (χ1) is 9.15. The van der Waals surface area contributed by atoms with E-state index < -0.39 is 0 Å². The third-order valence-corrected chi connectivity index (χ3v) is 3.40. The molecule has 0 amide bonds. The quantitative estimate of drug-likeness (QED) is 0.789. The molecule has 19 heavy (non-hydrogen) atoms. The fraction of sp³-hybridized carbons (Fsp3) is 0.214. The van der Waals surface area contributed by atoms with Gasteiger partial charge in [0.15, 0.2) is 5.82 Å². The summed E-state index contributed by atoms with van der Waals surface area (Å²) in [5.41, 5.74) is 1.88. The highest BCUT2D eigenvalue weighted by molar-refractivity contribution is 6.33. The smallest absolute Gasteiger partial charge is 0.151 e. The van der Waals surface area contributed by atoms with E-state index in [1.807, 2.05) is 42.3 Å². The molecule has 1 heterocycles. The van der Waals surface area contributed by atoms with Gasteiger partial charge in [-0.2, -0.15) is 0 Å². The number of rotatable bonds is 4. The Hall–Kier alpha value is -1.45. The summed E-state index contributed by atoms with van der Waals surface area (Å²) < 4.78 is 5.13. The number of halogens is 2. The van der Waals surface area contributed by atoms with Gasteiger partial charge in [0.1, 0.15) is 5.75 Å². The number of pyridine rings is 1. The second-order valence-electron chi connectivity index (χ2n) is 4.04. The van der Waals surface area contributed by atoms with Crippen molar-refractivity contribution in [3.8, 4) is 5.75 Å². The van der Waals surface area contributed by atoms with E-state index >= 15 is 0 Å². The lowest BCUT2D eigenvalue weighted by molar-refractivity contribution is 0.415. The Labute approximate surface area is 122 Å². The molecule has 0 aliphatic heterocycles. The molecule has 100 valence electrons. The monoisotopic (exact) mass is 296 g/mol. The topological polar surface area (TPSA) is 25.4 Å². The lowest BCUT2D eigenvalue weighted by Gasteiger charge is -2.20. The Bertz CT molecular complexity index is 558. The van der Waals surface area contributed by atoms with Crippen LogP contribution in [0.2, 0.25) is 5.02 Å². The summed E-state index contributed by atoms with van der Waals surface area (Å²) in [5, 5.41) is 0.580. The Balaban J connectivity index is 2.29. The van der Waals surface area contributed by atoms with Crippen molar-refractivity contribution in [1.82, 2.24) is 4.98 Å². The molecular formula is C14H14Cl2N2O. The van der Waals surface area contributed by atoms with Gasteiger partial charge in [-0.25, -0.2) is 4.98 Å². The van der Waals surface area contributed by atoms with Crippen LogP contribution in [0, 0.1) is 0 Å². The zero-order chi connectivity index (χ0) is 13.8. The molecule has 0 saturated heterocycles. The van der Waals surface area contributed by atoms with Crippen LogP contribution in [0.3, 0.4) is 0 Å². The van der Waals surface area contributed by atoms with Crippen LogP contribution in [0.15, 0.2) is 36.5 Å². The average Bonchev–Trinajstić information content (AvgIpc) is 2.46. The van der Waals surface area contributed by atoms with Gasteiger partial charge in [-0.1, -0.05) is 11.6 Å². The van der Waals surface area contributed by atoms with E-state index in [-0.39, 0.29) is 0 Å². The summed E-state index contributed by atoms with van der Waals surface area (Å²) in [4.78, 5) is 6.26. The van der Waals surface area contributed by atoms with E-state index in [0.717, 1.165) is 17.0 Å². The van der Waals surface area contributed by atoms with Crippen LogP contribution in [0.25, 0.3) is 0 Å². The van der Waals surface area contributed by atoms with Crippen molar-refractivity contribution in [1.29, 1.82) is 0 Å². The number of anilines is 2. The van der Waals surface area contributed by atoms with Crippen LogP contribution in [0.4, 0.5) is 11.5 Å². The molecule has 2 aromatic rings. The third-order valence-electron chi connectivity index (χ3n) is 2.81. The molecule has 0 saturated carbocycles. The summed E-state index contributed by atoms with van der Waals surface area (Å²) in [6, 6.07) is 9.52. The summed E-state index contributed by atoms with van der Waals surface area (Å²) in [6.07, 6.45) is 1.73. The lowest BCUT2D eigenvalue weighted by atomic mass is 10.2. The molecule has 3 nitrogen and oxygen atoms in total. The maximum Gasteiger partial charge on any atom is 0.151 e. The first-order valence-corrected chi connectivity index (χ1v) is 6.65. The first kappa shape index (κ1) is 14.0. The van der Waals surface area contributed by atoms with Crippen molar-refractivity contribution >= 4 is 34.7 Å². The Morgan fingerprint density at radius 2 is 1.95 bits per heavy atom. The highest BCUT2D eigenvalue weighted by Crippen LogP contribution is 2.30. The normalized spacial score (nSPS) is 10.3. The second-order valence-corrected chi connectivity index (χ2v) is 4.71. The number of benzene rings is 1. The molecule has 1 aromatic carbocycles. The standard InChI is InChI=1S/C14H14Cl2N2O/c1-18(11-3-5-12(19-2)6-4-11)14-13(16)7-10(8-15)9-17-14/h3-7,9H,8H2,1-2H3. The van der Waals surface area contributed by atoms with Gasteiger partial charge in [0.2, 0.25) is 0 Å². The Kier molecular flexibility index (Phi) is 4.51. The maximum absolute atomic E-state index is 6.22. The van der Waals surface area contributed by atoms with E-state index in [2.05, 4.69) is 4.98 Å². The van der Waals surface area contributed by atoms with Crippen LogP contribution in [-0.4, -0.2) is 19.1 Å². The molecule has 0 atom stereocenters. The fourth-order valence-corrected chi connectivity index (χ4v) is 2.18. The lowest BCUT2D eigenvalue weighted by Crippen LogP contribution is -2.11. The van der Waals surface area contributed by atoms with Gasteiger partial charge >= 0.3 is 0 Å². The number of aromatic nitrogens is 1. The van der Waals surface area contributed by atoms with Gasteiger partial charge in [-0.05, 0) is 35.9 Å². The molecule has 0 bridgehead atoms. The van der Waals surface area contributed by atoms with E-state index in [1.165, 1.54) is 0 Å². The molecule has 0 fully saturated rings. The minimum Gasteiger partial charge on any atom is -0.497 e. The van der Waals surface area contributed by atoms with Crippen LogP contribution in [-0.2, 0) is 5.88 Å². The summed E-state index contributed by atoms with van der Waals surface area (Å²) in [7, 11) is 3.55. The van der Waals surface area contributed by atoms with Gasteiger partial charge in [-0.15, -0.1) is 11.6 Å². The van der Waals surface area contributed by atoms with Crippen LogP contribution >= 0.6 is 23.2 Å². The predicted molar refractivity (Wildman–Crippen MR) is 79.9 cm³/mol. The average molecular weight is 297 g/mol. The summed E-state index contributed by atoms with van der Waals surface area (Å²) in [6.45, 7) is 0. The van der Waals surface area contributed by atoms with Crippen molar-refractivity contribution in [3.63, 3.8) is 0 Å². The highest BCUT2D eigenvalue weighted by atomic mass is 35.5. The van der Waals surface area contributed by atoms with Crippen molar-refractivity contribution in [2.45, 2.75) is 5.88 Å². The third kappa shape index (κ3) is 3.11. The van der Waals surface area contributed by atoms with E-state index in [4.69, 9.17) is 27.9 Å². The van der Waals surface area contributed by atoms with Gasteiger partial charge < -0.3 is 9.64 Å². The minimum atomic E-state index is 0.402. The predicted octanol–water partition coefficient (Wildman–Crippen LogP) is 4.25. The molecule has 0 radical (unpaired) electrons. The van der Waals surface area contributed by atoms with Gasteiger partial charge in [0.25, 0.3) is 0 Å². The van der Waals surface area contributed by atoms with Crippen molar-refractivity contribution in [3.05, 3.63) is 47.1 Å². The number of hydrogen-bond acceptors (Lipinski definition) is 3. The number of nitrogens with zero attached hydrogens (tertiary/aromatic N) is 2. The number of methoxy groups -OCH3 is 1. The SMILES string of the molecule is COc1ccc(N(C)c2ncc(CCl)cc2Cl)cc1. The Morgan fingerprint density at radius 3 is 2.47 bits per heavy atom. The molecule has 5 heteroatoms. The van der Waals surface area contributed by atoms with Crippen molar-refractivity contribution in [2.24, 2.45) is 0 Å². The zero-order valence-electron chi connectivity index (χ0n) is 10.7. The van der Waals surface area contributed by atoms with Gasteiger partial charge in [0.05, 0.1) is 12.1 Å². The molecule has 0 N–H and O–H groups in total. The molecular weight excluding hydrogens is 283 g/mol. The molecule has 0 aliphatic carbocycles. The van der Waals surface area contributed by atoms with E-state index in [9.17, 15) is 0 Å². The summed E-state index contributed by atoms with van der Waals surface area (Å²) in [5.74, 6) is 1.91. The number of ether oxygens (including phenoxy) is 1. The molecule has 0 unspecified atom stereocenters. The van der Waals surface area contributed by atoms with E-state index in [0.29, 0.717) is 16.7 Å². The van der Waals surface area contributed by atoms with Crippen molar-refractivity contribution in [2.75, 3.05) is 19.1 Å². The molecule has 2 rings (SSSR count). The maximum atomic E-state index is 6.22. The van der Waals surface area contributed by atoms with Crippen LogP contribution in [0.1, 0.15) is 5.56 Å². The summed E-state index contributed by atoms with van der Waals surface area (Å²) >= 11 is 12.0. The van der Waals surface area contributed by atoms with Crippen LogP contribution in [0.5, 0.6) is 5.75 Å². The minimum absolute atomic E-state index is 0.402. The van der Waals surface area contributed by atoms with Crippen LogP contribution < -0.4 is 9.64 Å². The second kappa shape index (κ2) is 6.13. The molecule has 0 spiro atoms. The van der Waals surface area contributed by atoms with Gasteiger partial charge in [-0.3, -0.25) is 0 Å². The van der Waals surface area contributed by atoms with Crippen molar-refractivity contribution < 1.29 is 4.74 Å². The van der Waals surface area contributed by atoms with Gasteiger partial charge in [0, 0.05) is 24.8 Å². The first-order valence-electron chi connectivity index (χ1n) is 5.74. The zero-order valence-corrected chi connectivity index (χ0v) is 12.2. The number of alkyl halides is 1. The number of hydrogen-bond donors (Lipinski definition) is 0. The molecule has 1 aromatic heterocycles. The fourth-order valence-electron chi connectivity index (χ4n) is 1.72.